The van der Waals surface area contributed by atoms with Gasteiger partial charge in [-0.25, -0.2) is 0 Å². The third kappa shape index (κ3) is 2.80. The van der Waals surface area contributed by atoms with Gasteiger partial charge in [-0.05, 0) is 0 Å². The fourth-order valence-electron chi connectivity index (χ4n) is 5.87. The Morgan fingerprint density at radius 1 is 0.630 bits per heavy atom. The molecule has 2 aromatic carbocycles. The van der Waals surface area contributed by atoms with Crippen LogP contribution in [0.5, 0.6) is 0 Å². The van der Waals surface area contributed by atoms with E-state index in [1.807, 2.05) is 0 Å². The van der Waals surface area contributed by atoms with Gasteiger partial charge in [0.15, 0.2) is 0 Å². The van der Waals surface area contributed by atoms with Crippen LogP contribution < -0.4 is 24.8 Å². The van der Waals surface area contributed by atoms with Gasteiger partial charge in [0.1, 0.15) is 0 Å². The monoisotopic (exact) mass is 474 g/mol. The maximum absolute atomic E-state index is 2.43. The Hall–Kier alpha value is -0.617. The van der Waals surface area contributed by atoms with Crippen molar-refractivity contribution in [3.05, 3.63) is 81.9 Å². The molecule has 0 radical (unpaired) electrons. The van der Waals surface area contributed by atoms with Crippen LogP contribution >= 0.6 is 0 Å². The van der Waals surface area contributed by atoms with Crippen LogP contribution in [-0.2, 0) is 20.3 Å². The largest absolute Gasteiger partial charge is 1.00 e. The summed E-state index contributed by atoms with van der Waals surface area (Å²) in [6, 6.07) is 18.5. The first-order valence-electron chi connectivity index (χ1n) is 9.59. The molecule has 0 aromatic heterocycles. The number of rotatable bonds is 2. The third-order valence-corrected chi connectivity index (χ3v) is 20.8. The zero-order valence-corrected chi connectivity index (χ0v) is 20.4. The maximum atomic E-state index is 2.43. The molecule has 140 valence electrons. The predicted molar refractivity (Wildman–Crippen MR) is 105 cm³/mol. The summed E-state index contributed by atoms with van der Waals surface area (Å²) in [5.74, 6) is 0. The number of halogens is 2. The fourth-order valence-corrected chi connectivity index (χ4v) is 24.0. The molecule has 1 fully saturated rings. The van der Waals surface area contributed by atoms with Crippen LogP contribution in [0.3, 0.4) is 0 Å². The standard InChI is InChI=1S/2C11H11.C2H4.2ClH.Zr/c2*1-8-7-10-5-3-4-6-11(10)9(8)2;1-2;;;/h2*3-7H,1-2H3;1-2H2;2*1H;/q;;;;;+2/p-2. The zero-order chi connectivity index (χ0) is 17.3. The van der Waals surface area contributed by atoms with Crippen molar-refractivity contribution in [2.24, 2.45) is 0 Å². The van der Waals surface area contributed by atoms with Crippen LogP contribution in [0.2, 0.25) is 8.26 Å². The molecule has 0 unspecified atom stereocenters. The molecule has 0 bridgehead atoms. The van der Waals surface area contributed by atoms with Gasteiger partial charge in [0, 0.05) is 0 Å². The van der Waals surface area contributed by atoms with Gasteiger partial charge in [0.2, 0.25) is 0 Å². The van der Waals surface area contributed by atoms with E-state index in [9.17, 15) is 0 Å². The summed E-state index contributed by atoms with van der Waals surface area (Å²) in [5.41, 5.74) is 12.9. The molecule has 27 heavy (non-hydrogen) atoms. The van der Waals surface area contributed by atoms with E-state index >= 15 is 0 Å². The van der Waals surface area contributed by atoms with E-state index in [-0.39, 0.29) is 24.8 Å². The van der Waals surface area contributed by atoms with Crippen LogP contribution in [0.4, 0.5) is 0 Å². The molecule has 3 heteroatoms. The maximum Gasteiger partial charge on any atom is -1.00 e. The minimum atomic E-state index is -2.34. The van der Waals surface area contributed by atoms with Crippen molar-refractivity contribution in [3.63, 3.8) is 0 Å². The van der Waals surface area contributed by atoms with Crippen molar-refractivity contribution in [1.82, 2.24) is 0 Å². The van der Waals surface area contributed by atoms with Gasteiger partial charge in [0.05, 0.1) is 0 Å². The fraction of sp³-hybridized carbons (Fsp3) is 0.333. The van der Waals surface area contributed by atoms with Crippen molar-refractivity contribution in [2.45, 2.75) is 43.2 Å². The van der Waals surface area contributed by atoms with Gasteiger partial charge in [0.25, 0.3) is 0 Å². The second-order valence-electron chi connectivity index (χ2n) is 8.39. The summed E-state index contributed by atoms with van der Waals surface area (Å²) in [5, 5.41) is 0. The number of fused-ring (bicyclic) bond motifs is 2. The smallest absolute Gasteiger partial charge is 1.00 e. The van der Waals surface area contributed by atoms with E-state index in [0.717, 1.165) is 7.25 Å². The van der Waals surface area contributed by atoms with Crippen molar-refractivity contribution >= 4 is 11.1 Å². The van der Waals surface area contributed by atoms with E-state index in [1.54, 1.807) is 41.7 Å². The molecule has 2 atom stereocenters. The zero-order valence-electron chi connectivity index (χ0n) is 16.4. The first-order valence-corrected chi connectivity index (χ1v) is 15.9. The molecular weight excluding hydrogens is 450 g/mol. The normalized spacial score (nSPS) is 23.0. The second kappa shape index (κ2) is 7.33. The Morgan fingerprint density at radius 3 is 1.37 bits per heavy atom. The molecule has 0 spiro atoms. The van der Waals surface area contributed by atoms with E-state index in [1.165, 1.54) is 11.1 Å². The average molecular weight is 477 g/mol. The Kier molecular flexibility index (Phi) is 5.73. The quantitative estimate of drug-likeness (QED) is 0.609. The Balaban J connectivity index is 0.00000105. The summed E-state index contributed by atoms with van der Waals surface area (Å²) >= 11 is -2.34. The minimum absolute atomic E-state index is 0. The first-order chi connectivity index (χ1) is 12.1. The van der Waals surface area contributed by atoms with Gasteiger partial charge in [-0.15, -0.1) is 0 Å². The molecule has 0 saturated carbocycles. The van der Waals surface area contributed by atoms with Gasteiger partial charge in [-0.1, -0.05) is 0 Å². The van der Waals surface area contributed by atoms with Crippen LogP contribution in [0.15, 0.2) is 59.7 Å². The minimum Gasteiger partial charge on any atom is -1.00 e. The number of hydrogen-bond acceptors (Lipinski definition) is 0. The van der Waals surface area contributed by atoms with Gasteiger partial charge >= 0.3 is 157 Å². The summed E-state index contributed by atoms with van der Waals surface area (Å²) in [7, 11) is 0. The Labute approximate surface area is 180 Å². The average Bonchev–Trinajstić information content (AvgIpc) is 3.31. The molecule has 0 N–H and O–H groups in total. The predicted octanol–water partition coefficient (Wildman–Crippen LogP) is 1.10. The topological polar surface area (TPSA) is 0 Å². The van der Waals surface area contributed by atoms with E-state index in [4.69, 9.17) is 0 Å². The van der Waals surface area contributed by atoms with Gasteiger partial charge in [-0.2, -0.15) is 0 Å². The SMILES string of the molecule is CC1=C(C)[C@@H]([Zr+2]2([C@H]3C(C)=C(C)c4ccccc43)[CH2][CH2]2)c2ccccc21.[Cl-].[Cl-]. The van der Waals surface area contributed by atoms with E-state index < -0.39 is 20.3 Å². The van der Waals surface area contributed by atoms with Crippen molar-refractivity contribution < 1.29 is 45.1 Å². The van der Waals surface area contributed by atoms with Crippen molar-refractivity contribution in [1.29, 1.82) is 0 Å². The molecule has 1 heterocycles. The van der Waals surface area contributed by atoms with Crippen LogP contribution in [0, 0.1) is 0 Å². The second-order valence-corrected chi connectivity index (χ2v) is 19.7. The molecule has 5 rings (SSSR count). The molecule has 2 aromatic rings. The summed E-state index contributed by atoms with van der Waals surface area (Å²) in [6.07, 6.45) is 0. The molecule has 3 aliphatic rings. The number of hydrogen-bond donors (Lipinski definition) is 0. The molecule has 0 nitrogen and oxygen atoms in total. The number of allylic oxidation sites excluding steroid dienone is 4. The third-order valence-electron chi connectivity index (χ3n) is 7.38. The van der Waals surface area contributed by atoms with Gasteiger partial charge < -0.3 is 24.8 Å². The molecular formula is C24H26Cl2Zr. The van der Waals surface area contributed by atoms with Crippen LogP contribution in [-0.4, -0.2) is 0 Å². The van der Waals surface area contributed by atoms with Crippen LogP contribution in [0.1, 0.15) is 57.2 Å². The molecule has 1 saturated heterocycles. The Bertz CT molecular complexity index is 890. The summed E-state index contributed by atoms with van der Waals surface area (Å²) in [6.45, 7) is 9.58. The first kappa shape index (κ1) is 21.1. The number of benzene rings is 2. The van der Waals surface area contributed by atoms with Crippen LogP contribution in [0.25, 0.3) is 11.1 Å². The van der Waals surface area contributed by atoms with Gasteiger partial charge in [-0.3, -0.25) is 0 Å². The molecule has 1 aliphatic heterocycles. The van der Waals surface area contributed by atoms with Crippen molar-refractivity contribution in [2.75, 3.05) is 0 Å². The molecule has 2 aliphatic carbocycles. The van der Waals surface area contributed by atoms with Crippen molar-refractivity contribution in [3.8, 4) is 0 Å². The summed E-state index contributed by atoms with van der Waals surface area (Å²) < 4.78 is 4.71. The van der Waals surface area contributed by atoms with E-state index in [2.05, 4.69) is 76.2 Å². The van der Waals surface area contributed by atoms with E-state index in [0.29, 0.717) is 0 Å². The Morgan fingerprint density at radius 2 is 1.00 bits per heavy atom. The summed E-state index contributed by atoms with van der Waals surface area (Å²) in [4.78, 5) is 0. The molecule has 0 amide bonds.